The second kappa shape index (κ2) is 9.44. The van der Waals surface area contributed by atoms with E-state index in [1.807, 2.05) is 0 Å². The van der Waals surface area contributed by atoms with Crippen LogP contribution in [-0.4, -0.2) is 43.4 Å². The first-order valence-electron chi connectivity index (χ1n) is 8.24. The molecule has 27 heavy (non-hydrogen) atoms. The Morgan fingerprint density at radius 3 is 2.41 bits per heavy atom. The lowest BCUT2D eigenvalue weighted by molar-refractivity contribution is -0.126. The smallest absolute Gasteiger partial charge is 0.321 e. The van der Waals surface area contributed by atoms with Gasteiger partial charge in [0.1, 0.15) is 11.9 Å². The monoisotopic (exact) mass is 372 g/mol. The number of hydrogen-bond acceptors (Lipinski definition) is 4. The number of likely N-dealkylation sites (N-methyl/N-ethyl adjacent to an activating group) is 1. The number of nitrogens with zero attached hydrogens (tertiary/aromatic N) is 1. The number of nitrogens with one attached hydrogen (secondary N) is 3. The molecule has 0 unspecified atom stereocenters. The van der Waals surface area contributed by atoms with E-state index in [0.29, 0.717) is 11.3 Å². The zero-order chi connectivity index (χ0) is 19.8. The van der Waals surface area contributed by atoms with Crippen molar-refractivity contribution in [3.63, 3.8) is 0 Å². The van der Waals surface area contributed by atoms with E-state index in [-0.39, 0.29) is 6.54 Å². The van der Waals surface area contributed by atoms with Gasteiger partial charge in [0.25, 0.3) is 0 Å². The van der Waals surface area contributed by atoms with Crippen molar-refractivity contribution in [2.45, 2.75) is 6.04 Å². The molecule has 4 amide bonds. The molecule has 2 aromatic carbocycles. The van der Waals surface area contributed by atoms with E-state index in [0.717, 1.165) is 0 Å². The first-order valence-corrected chi connectivity index (χ1v) is 8.24. The van der Waals surface area contributed by atoms with Gasteiger partial charge in [0.05, 0.1) is 6.54 Å². The van der Waals surface area contributed by atoms with E-state index >= 15 is 0 Å². The average Bonchev–Trinajstić information content (AvgIpc) is 2.62. The maximum atomic E-state index is 13.2. The lowest BCUT2D eigenvalue weighted by Crippen LogP contribution is -2.46. The van der Waals surface area contributed by atoms with Gasteiger partial charge in [0, 0.05) is 12.7 Å². The average molecular weight is 372 g/mol. The summed E-state index contributed by atoms with van der Waals surface area (Å²) < 4.78 is 13.2. The number of anilines is 1. The molecule has 0 aliphatic heterocycles. The zero-order valence-corrected chi connectivity index (χ0v) is 15.0. The summed E-state index contributed by atoms with van der Waals surface area (Å²) in [5.74, 6) is -1.45. The Balaban J connectivity index is 2.13. The molecule has 0 spiro atoms. The van der Waals surface area contributed by atoms with Crippen molar-refractivity contribution >= 4 is 23.5 Å². The summed E-state index contributed by atoms with van der Waals surface area (Å²) in [6.45, 7) is -0.142. The standard InChI is InChI=1S/C19H21FN4O3/c1-21-19(27)23-18(26)17(13-7-4-3-5-8-13)24(2)12-16(25)22-15-10-6-9-14(20)11-15/h3-11,17H,12H2,1-2H3,(H,22,25)(H2,21,23,26,27)/t17-/m1/s1. The van der Waals surface area contributed by atoms with Crippen molar-refractivity contribution in [3.05, 3.63) is 66.0 Å². The highest BCUT2D eigenvalue weighted by molar-refractivity contribution is 5.98. The molecule has 8 heteroatoms. The zero-order valence-electron chi connectivity index (χ0n) is 15.0. The number of hydrogen-bond donors (Lipinski definition) is 3. The molecule has 2 rings (SSSR count). The molecular formula is C19H21FN4O3. The van der Waals surface area contributed by atoms with Crippen molar-refractivity contribution in [2.24, 2.45) is 0 Å². The molecule has 0 aliphatic carbocycles. The van der Waals surface area contributed by atoms with Crippen LogP contribution in [0.4, 0.5) is 14.9 Å². The maximum Gasteiger partial charge on any atom is 0.321 e. The Kier molecular flexibility index (Phi) is 7.01. The van der Waals surface area contributed by atoms with E-state index in [2.05, 4.69) is 16.0 Å². The molecule has 7 nitrogen and oxygen atoms in total. The van der Waals surface area contributed by atoms with Crippen molar-refractivity contribution < 1.29 is 18.8 Å². The highest BCUT2D eigenvalue weighted by Crippen LogP contribution is 2.19. The first kappa shape index (κ1) is 20.1. The third-order valence-corrected chi connectivity index (χ3v) is 3.77. The molecule has 0 bridgehead atoms. The van der Waals surface area contributed by atoms with Gasteiger partial charge in [-0.25, -0.2) is 9.18 Å². The van der Waals surface area contributed by atoms with Gasteiger partial charge in [-0.05, 0) is 30.8 Å². The summed E-state index contributed by atoms with van der Waals surface area (Å²) in [4.78, 5) is 37.8. The van der Waals surface area contributed by atoms with Crippen LogP contribution in [-0.2, 0) is 9.59 Å². The predicted molar refractivity (Wildman–Crippen MR) is 99.4 cm³/mol. The molecule has 142 valence electrons. The van der Waals surface area contributed by atoms with Gasteiger partial charge in [-0.1, -0.05) is 36.4 Å². The summed E-state index contributed by atoms with van der Waals surface area (Å²) in [5, 5.41) is 7.12. The number of amides is 4. The Morgan fingerprint density at radius 2 is 1.78 bits per heavy atom. The van der Waals surface area contributed by atoms with Crippen molar-refractivity contribution in [3.8, 4) is 0 Å². The van der Waals surface area contributed by atoms with E-state index < -0.39 is 29.7 Å². The van der Waals surface area contributed by atoms with Crippen molar-refractivity contribution in [1.29, 1.82) is 0 Å². The van der Waals surface area contributed by atoms with Gasteiger partial charge < -0.3 is 10.6 Å². The molecule has 2 aromatic rings. The van der Waals surface area contributed by atoms with Gasteiger partial charge in [-0.15, -0.1) is 0 Å². The van der Waals surface area contributed by atoms with E-state index in [9.17, 15) is 18.8 Å². The molecule has 0 fully saturated rings. The van der Waals surface area contributed by atoms with Crippen LogP contribution in [0, 0.1) is 5.82 Å². The van der Waals surface area contributed by atoms with Crippen LogP contribution in [0.2, 0.25) is 0 Å². The van der Waals surface area contributed by atoms with Crippen molar-refractivity contribution in [2.75, 3.05) is 26.0 Å². The fraction of sp³-hybridized carbons (Fsp3) is 0.211. The Morgan fingerprint density at radius 1 is 1.07 bits per heavy atom. The van der Waals surface area contributed by atoms with Crippen LogP contribution >= 0.6 is 0 Å². The number of imide groups is 1. The Hall–Kier alpha value is -3.26. The summed E-state index contributed by atoms with van der Waals surface area (Å²) in [6, 6.07) is 12.8. The van der Waals surface area contributed by atoms with Gasteiger partial charge in [-0.2, -0.15) is 0 Å². The minimum atomic E-state index is -0.859. The van der Waals surface area contributed by atoms with E-state index in [1.165, 1.54) is 30.1 Å². The normalized spacial score (nSPS) is 11.6. The number of benzene rings is 2. The van der Waals surface area contributed by atoms with Crippen LogP contribution in [0.3, 0.4) is 0 Å². The molecule has 1 atom stereocenters. The molecule has 0 heterocycles. The molecule has 0 radical (unpaired) electrons. The molecular weight excluding hydrogens is 351 g/mol. The summed E-state index contributed by atoms with van der Waals surface area (Å²) in [7, 11) is 2.99. The number of carbonyl (C=O) groups excluding carboxylic acids is 3. The van der Waals surface area contributed by atoms with Crippen molar-refractivity contribution in [1.82, 2.24) is 15.5 Å². The van der Waals surface area contributed by atoms with Crippen LogP contribution in [0.25, 0.3) is 0 Å². The van der Waals surface area contributed by atoms with Gasteiger partial charge >= 0.3 is 6.03 Å². The minimum absolute atomic E-state index is 0.142. The third-order valence-electron chi connectivity index (χ3n) is 3.77. The van der Waals surface area contributed by atoms with Crippen LogP contribution < -0.4 is 16.0 Å². The fourth-order valence-corrected chi connectivity index (χ4v) is 2.57. The quantitative estimate of drug-likeness (QED) is 0.722. The van der Waals surface area contributed by atoms with E-state index in [4.69, 9.17) is 0 Å². The second-order valence-electron chi connectivity index (χ2n) is 5.86. The van der Waals surface area contributed by atoms with Gasteiger partial charge in [-0.3, -0.25) is 19.8 Å². The highest BCUT2D eigenvalue weighted by Gasteiger charge is 2.27. The Bertz CT molecular complexity index is 814. The molecule has 0 saturated carbocycles. The summed E-state index contributed by atoms with van der Waals surface area (Å²) in [5.41, 5.74) is 0.944. The number of carbonyl (C=O) groups is 3. The maximum absolute atomic E-state index is 13.2. The number of rotatable bonds is 6. The molecule has 0 aliphatic rings. The van der Waals surface area contributed by atoms with Crippen LogP contribution in [0.5, 0.6) is 0 Å². The topological polar surface area (TPSA) is 90.5 Å². The lowest BCUT2D eigenvalue weighted by atomic mass is 10.0. The van der Waals surface area contributed by atoms with Gasteiger partial charge in [0.2, 0.25) is 11.8 Å². The molecule has 0 aromatic heterocycles. The van der Waals surface area contributed by atoms with Crippen LogP contribution in [0.1, 0.15) is 11.6 Å². The fourth-order valence-electron chi connectivity index (χ4n) is 2.57. The molecule has 3 N–H and O–H groups in total. The second-order valence-corrected chi connectivity index (χ2v) is 5.86. The highest BCUT2D eigenvalue weighted by atomic mass is 19.1. The van der Waals surface area contributed by atoms with E-state index in [1.54, 1.807) is 43.4 Å². The predicted octanol–water partition coefficient (Wildman–Crippen LogP) is 1.89. The molecule has 0 saturated heterocycles. The summed E-state index contributed by atoms with van der Waals surface area (Å²) >= 11 is 0. The number of halogens is 1. The largest absolute Gasteiger partial charge is 0.341 e. The van der Waals surface area contributed by atoms with Crippen LogP contribution in [0.15, 0.2) is 54.6 Å². The third kappa shape index (κ3) is 5.89. The summed E-state index contributed by atoms with van der Waals surface area (Å²) in [6.07, 6.45) is 0. The SMILES string of the molecule is CNC(=O)NC(=O)[C@@H](c1ccccc1)N(C)CC(=O)Nc1cccc(F)c1. The Labute approximate surface area is 156 Å². The van der Waals surface area contributed by atoms with Gasteiger partial charge in [0.15, 0.2) is 0 Å². The lowest BCUT2D eigenvalue weighted by Gasteiger charge is -2.26. The minimum Gasteiger partial charge on any atom is -0.341 e. The number of urea groups is 1. The first-order chi connectivity index (χ1) is 12.9.